The molecule has 2 aliphatic heterocycles. The van der Waals surface area contributed by atoms with Crippen molar-refractivity contribution in [1.29, 1.82) is 0 Å². The van der Waals surface area contributed by atoms with E-state index < -0.39 is 0 Å². The number of hydrogen-bond donors (Lipinski definition) is 1. The zero-order chi connectivity index (χ0) is 11.1. The Morgan fingerprint density at radius 1 is 1.50 bits per heavy atom. The number of nitrogens with two attached hydrogens (primary N) is 1. The van der Waals surface area contributed by atoms with E-state index in [1.807, 2.05) is 0 Å². The van der Waals surface area contributed by atoms with Crippen molar-refractivity contribution in [2.45, 2.75) is 18.9 Å². The van der Waals surface area contributed by atoms with Gasteiger partial charge in [-0.2, -0.15) is 0 Å². The number of benzene rings is 1. The van der Waals surface area contributed by atoms with Crippen LogP contribution in [0, 0.1) is 5.92 Å². The summed E-state index contributed by atoms with van der Waals surface area (Å²) >= 11 is 0. The van der Waals surface area contributed by atoms with E-state index in [1.54, 1.807) is 7.11 Å². The predicted molar refractivity (Wildman–Crippen MR) is 65.0 cm³/mol. The average Bonchev–Trinajstić information content (AvgIpc) is 2.84. The number of fused-ring (bicyclic) bond motifs is 3. The normalized spacial score (nSPS) is 26.8. The summed E-state index contributed by atoms with van der Waals surface area (Å²) in [4.78, 5) is 2.52. The van der Waals surface area contributed by atoms with E-state index in [2.05, 4.69) is 23.1 Å². The summed E-state index contributed by atoms with van der Waals surface area (Å²) in [5.41, 5.74) is 8.58. The molecule has 1 aromatic carbocycles. The highest BCUT2D eigenvalue weighted by Gasteiger charge is 2.37. The van der Waals surface area contributed by atoms with E-state index in [4.69, 9.17) is 10.5 Å². The molecule has 0 bridgehead atoms. The van der Waals surface area contributed by atoms with Gasteiger partial charge >= 0.3 is 0 Å². The fraction of sp³-hybridized carbons (Fsp3) is 0.538. The van der Waals surface area contributed by atoms with Gasteiger partial charge in [0.05, 0.1) is 7.11 Å². The molecule has 2 atom stereocenters. The molecule has 3 rings (SSSR count). The molecule has 0 spiro atoms. The molecule has 3 heteroatoms. The van der Waals surface area contributed by atoms with Crippen LogP contribution in [0.25, 0.3) is 0 Å². The monoisotopic (exact) mass is 218 g/mol. The molecule has 1 aromatic rings. The van der Waals surface area contributed by atoms with Gasteiger partial charge in [-0.25, -0.2) is 0 Å². The van der Waals surface area contributed by atoms with Crippen LogP contribution in [0.1, 0.15) is 12.0 Å². The fourth-order valence-electron chi connectivity index (χ4n) is 3.06. The molecule has 1 saturated heterocycles. The van der Waals surface area contributed by atoms with E-state index >= 15 is 0 Å². The second kappa shape index (κ2) is 3.67. The third-order valence-corrected chi connectivity index (χ3v) is 3.89. The number of ether oxygens (including phenoxy) is 1. The molecule has 0 saturated carbocycles. The minimum absolute atomic E-state index is 0.677. The highest BCUT2D eigenvalue weighted by atomic mass is 16.5. The fourth-order valence-corrected chi connectivity index (χ4v) is 3.06. The molecule has 3 nitrogen and oxygen atoms in total. The van der Waals surface area contributed by atoms with Crippen LogP contribution in [0.3, 0.4) is 0 Å². The molecule has 86 valence electrons. The molecule has 2 N–H and O–H groups in total. The van der Waals surface area contributed by atoms with Crippen LogP contribution in [0.2, 0.25) is 0 Å². The second-order valence-electron chi connectivity index (χ2n) is 4.84. The number of hydrogen-bond acceptors (Lipinski definition) is 3. The lowest BCUT2D eigenvalue weighted by Crippen LogP contribution is -2.25. The van der Waals surface area contributed by atoms with Crippen LogP contribution < -0.4 is 15.4 Å². The van der Waals surface area contributed by atoms with Gasteiger partial charge in [-0.05, 0) is 49.1 Å². The van der Waals surface area contributed by atoms with Crippen LogP contribution >= 0.6 is 0 Å². The molecular weight excluding hydrogens is 200 g/mol. The molecule has 0 amide bonds. The number of rotatable bonds is 2. The molecule has 1 fully saturated rings. The predicted octanol–water partition coefficient (Wildman–Crippen LogP) is 1.40. The lowest BCUT2D eigenvalue weighted by molar-refractivity contribution is 0.414. The van der Waals surface area contributed by atoms with Gasteiger partial charge in [-0.15, -0.1) is 0 Å². The first-order valence-electron chi connectivity index (χ1n) is 5.95. The van der Waals surface area contributed by atoms with E-state index in [1.165, 1.54) is 17.7 Å². The molecule has 2 unspecified atom stereocenters. The molecule has 0 aliphatic carbocycles. The Morgan fingerprint density at radius 2 is 2.38 bits per heavy atom. The first-order chi connectivity index (χ1) is 7.81. The molecule has 2 aliphatic rings. The highest BCUT2D eigenvalue weighted by Crippen LogP contribution is 2.40. The van der Waals surface area contributed by atoms with Crippen LogP contribution in [0.15, 0.2) is 18.2 Å². The van der Waals surface area contributed by atoms with Crippen molar-refractivity contribution in [3.05, 3.63) is 23.8 Å². The van der Waals surface area contributed by atoms with Crippen LogP contribution in [-0.4, -0.2) is 26.2 Å². The van der Waals surface area contributed by atoms with Crippen molar-refractivity contribution in [2.75, 3.05) is 25.1 Å². The van der Waals surface area contributed by atoms with Crippen molar-refractivity contribution in [3.8, 4) is 5.75 Å². The van der Waals surface area contributed by atoms with Crippen LogP contribution in [0.5, 0.6) is 5.75 Å². The molecule has 0 aromatic heterocycles. The molecule has 2 heterocycles. The number of anilines is 1. The van der Waals surface area contributed by atoms with Gasteiger partial charge < -0.3 is 15.4 Å². The van der Waals surface area contributed by atoms with Crippen molar-refractivity contribution < 1.29 is 4.74 Å². The maximum Gasteiger partial charge on any atom is 0.119 e. The summed E-state index contributed by atoms with van der Waals surface area (Å²) in [6.45, 7) is 1.94. The maximum atomic E-state index is 5.76. The van der Waals surface area contributed by atoms with Gasteiger partial charge in [0.15, 0.2) is 0 Å². The summed E-state index contributed by atoms with van der Waals surface area (Å²) in [6, 6.07) is 7.09. The number of nitrogens with zero attached hydrogens (tertiary/aromatic N) is 1. The van der Waals surface area contributed by atoms with Crippen molar-refractivity contribution in [1.82, 2.24) is 0 Å². The first-order valence-corrected chi connectivity index (χ1v) is 5.95. The summed E-state index contributed by atoms with van der Waals surface area (Å²) < 4.78 is 5.27. The Hall–Kier alpha value is -1.22. The van der Waals surface area contributed by atoms with E-state index in [-0.39, 0.29) is 0 Å². The third kappa shape index (κ3) is 1.39. The Labute approximate surface area is 96.2 Å². The van der Waals surface area contributed by atoms with E-state index in [9.17, 15) is 0 Å². The van der Waals surface area contributed by atoms with Crippen molar-refractivity contribution in [3.63, 3.8) is 0 Å². The minimum Gasteiger partial charge on any atom is -0.497 e. The second-order valence-corrected chi connectivity index (χ2v) is 4.84. The standard InChI is InChI=1S/C13H18N2O/c1-16-12-2-3-13-10(6-12)5-11-4-9(7-14)8-15(11)13/h2-3,6,9,11H,4-5,7-8,14H2,1H3. The minimum atomic E-state index is 0.677. The van der Waals surface area contributed by atoms with Crippen molar-refractivity contribution >= 4 is 5.69 Å². The lowest BCUT2D eigenvalue weighted by Gasteiger charge is -2.18. The smallest absolute Gasteiger partial charge is 0.119 e. The zero-order valence-electron chi connectivity index (χ0n) is 9.65. The Bertz CT molecular complexity index is 405. The third-order valence-electron chi connectivity index (χ3n) is 3.89. The lowest BCUT2D eigenvalue weighted by atomic mass is 10.0. The summed E-state index contributed by atoms with van der Waals surface area (Å²) in [6.07, 6.45) is 2.40. The summed E-state index contributed by atoms with van der Waals surface area (Å²) in [7, 11) is 1.72. The van der Waals surface area contributed by atoms with Gasteiger partial charge in [0.2, 0.25) is 0 Å². The van der Waals surface area contributed by atoms with E-state index in [0.717, 1.165) is 25.3 Å². The van der Waals surface area contributed by atoms with Gasteiger partial charge in [0, 0.05) is 18.3 Å². The van der Waals surface area contributed by atoms with Gasteiger partial charge in [0.1, 0.15) is 5.75 Å². The topological polar surface area (TPSA) is 38.5 Å². The quantitative estimate of drug-likeness (QED) is 0.815. The van der Waals surface area contributed by atoms with Gasteiger partial charge in [-0.1, -0.05) is 0 Å². The average molecular weight is 218 g/mol. The Balaban J connectivity index is 1.89. The van der Waals surface area contributed by atoms with Gasteiger partial charge in [0.25, 0.3) is 0 Å². The highest BCUT2D eigenvalue weighted by molar-refractivity contribution is 5.62. The van der Waals surface area contributed by atoms with Crippen LogP contribution in [0.4, 0.5) is 5.69 Å². The summed E-state index contributed by atoms with van der Waals surface area (Å²) in [5.74, 6) is 1.65. The Morgan fingerprint density at radius 3 is 3.12 bits per heavy atom. The molecule has 0 radical (unpaired) electrons. The maximum absolute atomic E-state index is 5.76. The Kier molecular flexibility index (Phi) is 2.28. The molecular formula is C13H18N2O. The largest absolute Gasteiger partial charge is 0.497 e. The van der Waals surface area contributed by atoms with Crippen LogP contribution in [-0.2, 0) is 6.42 Å². The van der Waals surface area contributed by atoms with E-state index in [0.29, 0.717) is 12.0 Å². The first kappa shape index (κ1) is 9.97. The SMILES string of the molecule is COc1ccc2c(c1)CC1CC(CN)CN21. The van der Waals surface area contributed by atoms with Gasteiger partial charge in [-0.3, -0.25) is 0 Å². The number of methoxy groups -OCH3 is 1. The molecule has 16 heavy (non-hydrogen) atoms. The summed E-state index contributed by atoms with van der Waals surface area (Å²) in [5, 5.41) is 0. The van der Waals surface area contributed by atoms with Crippen molar-refractivity contribution in [2.24, 2.45) is 11.7 Å². The zero-order valence-corrected chi connectivity index (χ0v) is 9.65.